The smallest absolute Gasteiger partial charge is 0.222 e. The van der Waals surface area contributed by atoms with Gasteiger partial charge in [-0.3, -0.25) is 0 Å². The van der Waals surface area contributed by atoms with Gasteiger partial charge in [0.05, 0.1) is 11.0 Å². The first-order valence-electron chi connectivity index (χ1n) is 5.64. The highest BCUT2D eigenvalue weighted by Gasteiger charge is 1.99. The molecule has 0 unspecified atom stereocenters. The normalized spacial score (nSPS) is 11.7. The van der Waals surface area contributed by atoms with Crippen molar-refractivity contribution in [2.75, 3.05) is 5.43 Å². The molecule has 4 nitrogen and oxygen atoms in total. The minimum Gasteiger partial charge on any atom is -0.323 e. The fourth-order valence-corrected chi connectivity index (χ4v) is 1.52. The van der Waals surface area contributed by atoms with Gasteiger partial charge in [0.1, 0.15) is 0 Å². The van der Waals surface area contributed by atoms with Crippen LogP contribution in [0, 0.1) is 0 Å². The van der Waals surface area contributed by atoms with Gasteiger partial charge in [-0.05, 0) is 31.9 Å². The van der Waals surface area contributed by atoms with E-state index in [4.69, 9.17) is 0 Å². The Bertz CT molecular complexity index is 506. The van der Waals surface area contributed by atoms with Crippen LogP contribution in [0.2, 0.25) is 0 Å². The number of H-pyrrole nitrogens is 1. The molecular weight excluding hydrogens is 212 g/mol. The summed E-state index contributed by atoms with van der Waals surface area (Å²) in [6.45, 7) is 5.67. The van der Waals surface area contributed by atoms with Crippen molar-refractivity contribution in [2.24, 2.45) is 5.10 Å². The van der Waals surface area contributed by atoms with Gasteiger partial charge >= 0.3 is 0 Å². The van der Waals surface area contributed by atoms with Crippen molar-refractivity contribution in [3.8, 4) is 0 Å². The molecule has 1 heterocycles. The number of hydrogen-bond donors (Lipinski definition) is 2. The van der Waals surface area contributed by atoms with Gasteiger partial charge in [0.15, 0.2) is 0 Å². The third-order valence-electron chi connectivity index (χ3n) is 2.45. The van der Waals surface area contributed by atoms with Crippen molar-refractivity contribution in [2.45, 2.75) is 19.8 Å². The molecule has 2 rings (SSSR count). The maximum absolute atomic E-state index is 4.37. The van der Waals surface area contributed by atoms with E-state index in [0.29, 0.717) is 5.95 Å². The largest absolute Gasteiger partial charge is 0.323 e. The third kappa shape index (κ3) is 2.93. The number of rotatable bonds is 5. The molecule has 0 saturated carbocycles. The van der Waals surface area contributed by atoms with Crippen molar-refractivity contribution in [3.05, 3.63) is 36.9 Å². The van der Waals surface area contributed by atoms with E-state index in [2.05, 4.69) is 27.1 Å². The van der Waals surface area contributed by atoms with Gasteiger partial charge in [0, 0.05) is 5.71 Å². The van der Waals surface area contributed by atoms with Crippen LogP contribution in [-0.2, 0) is 0 Å². The molecule has 0 aliphatic heterocycles. The highest BCUT2D eigenvalue weighted by Crippen LogP contribution is 2.13. The second-order valence-corrected chi connectivity index (χ2v) is 3.89. The predicted octanol–water partition coefficient (Wildman–Crippen LogP) is 3.32. The summed E-state index contributed by atoms with van der Waals surface area (Å²) in [6, 6.07) is 7.89. The highest BCUT2D eigenvalue weighted by atomic mass is 15.4. The van der Waals surface area contributed by atoms with E-state index in [1.807, 2.05) is 37.3 Å². The summed E-state index contributed by atoms with van der Waals surface area (Å²) in [6.07, 6.45) is 3.74. The number of hydrogen-bond acceptors (Lipinski definition) is 3. The summed E-state index contributed by atoms with van der Waals surface area (Å²) in [4.78, 5) is 7.53. The molecule has 0 bridgehead atoms. The van der Waals surface area contributed by atoms with E-state index >= 15 is 0 Å². The molecule has 17 heavy (non-hydrogen) atoms. The van der Waals surface area contributed by atoms with E-state index < -0.39 is 0 Å². The fraction of sp³-hybridized carbons (Fsp3) is 0.231. The lowest BCUT2D eigenvalue weighted by Gasteiger charge is -1.98. The number of hydrazone groups is 1. The monoisotopic (exact) mass is 228 g/mol. The summed E-state index contributed by atoms with van der Waals surface area (Å²) in [5, 5.41) is 4.25. The summed E-state index contributed by atoms with van der Waals surface area (Å²) in [5.41, 5.74) is 5.91. The molecule has 4 heteroatoms. The maximum atomic E-state index is 4.37. The van der Waals surface area contributed by atoms with Crippen molar-refractivity contribution < 1.29 is 0 Å². The molecule has 0 fully saturated rings. The number of nitrogens with zero attached hydrogens (tertiary/aromatic N) is 2. The first-order valence-corrected chi connectivity index (χ1v) is 5.64. The Morgan fingerprint density at radius 1 is 1.53 bits per heavy atom. The summed E-state index contributed by atoms with van der Waals surface area (Å²) in [7, 11) is 0. The number of benzene rings is 1. The minimum absolute atomic E-state index is 0.671. The van der Waals surface area contributed by atoms with Gasteiger partial charge in [-0.2, -0.15) is 5.10 Å². The lowest BCUT2D eigenvalue weighted by molar-refractivity contribution is 1.07. The van der Waals surface area contributed by atoms with Crippen LogP contribution >= 0.6 is 0 Å². The van der Waals surface area contributed by atoms with Crippen LogP contribution < -0.4 is 5.43 Å². The zero-order chi connectivity index (χ0) is 12.1. The molecule has 0 aliphatic rings. The fourth-order valence-electron chi connectivity index (χ4n) is 1.52. The van der Waals surface area contributed by atoms with Crippen LogP contribution in [0.25, 0.3) is 11.0 Å². The zero-order valence-electron chi connectivity index (χ0n) is 9.90. The SMILES string of the molecule is C=CCC/C(C)=N\Nc1nc2ccccc2[nH]1. The second kappa shape index (κ2) is 5.30. The molecule has 0 spiro atoms. The Morgan fingerprint density at radius 2 is 2.35 bits per heavy atom. The average molecular weight is 228 g/mol. The number of aromatic nitrogens is 2. The average Bonchev–Trinajstić information content (AvgIpc) is 2.76. The second-order valence-electron chi connectivity index (χ2n) is 3.89. The van der Waals surface area contributed by atoms with Crippen LogP contribution in [0.4, 0.5) is 5.95 Å². The van der Waals surface area contributed by atoms with Gasteiger partial charge in [-0.15, -0.1) is 6.58 Å². The number of imidazole rings is 1. The molecule has 2 N–H and O–H groups in total. The van der Waals surface area contributed by atoms with Gasteiger partial charge in [0.2, 0.25) is 5.95 Å². The Balaban J connectivity index is 2.05. The summed E-state index contributed by atoms with van der Waals surface area (Å²) in [5.74, 6) is 0.671. The van der Waals surface area contributed by atoms with Crippen molar-refractivity contribution in [1.82, 2.24) is 9.97 Å². The van der Waals surface area contributed by atoms with Crippen molar-refractivity contribution in [1.29, 1.82) is 0 Å². The first kappa shape index (κ1) is 11.4. The number of para-hydroxylation sites is 2. The van der Waals surface area contributed by atoms with E-state index in [-0.39, 0.29) is 0 Å². The highest BCUT2D eigenvalue weighted by molar-refractivity contribution is 5.83. The lowest BCUT2D eigenvalue weighted by Crippen LogP contribution is -1.98. The quantitative estimate of drug-likeness (QED) is 0.468. The molecule has 2 aromatic rings. The van der Waals surface area contributed by atoms with Crippen LogP contribution in [0.3, 0.4) is 0 Å². The molecule has 1 aromatic carbocycles. The number of anilines is 1. The van der Waals surface area contributed by atoms with Crippen LogP contribution in [-0.4, -0.2) is 15.7 Å². The molecule has 0 radical (unpaired) electrons. The Morgan fingerprint density at radius 3 is 3.12 bits per heavy atom. The number of fused-ring (bicyclic) bond motifs is 1. The van der Waals surface area contributed by atoms with E-state index in [1.165, 1.54) is 0 Å². The Labute approximate surface area is 100 Å². The summed E-state index contributed by atoms with van der Waals surface area (Å²) < 4.78 is 0. The molecule has 88 valence electrons. The lowest BCUT2D eigenvalue weighted by atomic mass is 10.2. The van der Waals surface area contributed by atoms with Gasteiger partial charge in [-0.25, -0.2) is 10.4 Å². The van der Waals surface area contributed by atoms with E-state index in [1.54, 1.807) is 0 Å². The molecule has 0 saturated heterocycles. The first-order chi connectivity index (χ1) is 8.29. The zero-order valence-corrected chi connectivity index (χ0v) is 9.90. The molecule has 1 aromatic heterocycles. The van der Waals surface area contributed by atoms with Crippen LogP contribution in [0.5, 0.6) is 0 Å². The van der Waals surface area contributed by atoms with E-state index in [9.17, 15) is 0 Å². The number of allylic oxidation sites excluding steroid dienone is 1. The van der Waals surface area contributed by atoms with E-state index in [0.717, 1.165) is 29.6 Å². The van der Waals surface area contributed by atoms with Crippen LogP contribution in [0.15, 0.2) is 42.0 Å². The Hall–Kier alpha value is -2.10. The standard InChI is InChI=1S/C13H16N4/c1-3-4-7-10(2)16-17-13-14-11-8-5-6-9-12(11)15-13/h3,5-6,8-9H,1,4,7H2,2H3,(H2,14,15,17)/b16-10-. The maximum Gasteiger partial charge on any atom is 0.222 e. The van der Waals surface area contributed by atoms with Crippen molar-refractivity contribution >= 4 is 22.7 Å². The number of aromatic amines is 1. The third-order valence-corrected chi connectivity index (χ3v) is 2.45. The summed E-state index contributed by atoms with van der Waals surface area (Å²) >= 11 is 0. The predicted molar refractivity (Wildman–Crippen MR) is 72.3 cm³/mol. The number of nitrogens with one attached hydrogen (secondary N) is 2. The van der Waals surface area contributed by atoms with Gasteiger partial charge in [-0.1, -0.05) is 18.2 Å². The molecule has 0 amide bonds. The van der Waals surface area contributed by atoms with Gasteiger partial charge in [0.25, 0.3) is 0 Å². The van der Waals surface area contributed by atoms with Gasteiger partial charge < -0.3 is 4.98 Å². The Kier molecular flexibility index (Phi) is 3.55. The van der Waals surface area contributed by atoms with Crippen molar-refractivity contribution in [3.63, 3.8) is 0 Å². The van der Waals surface area contributed by atoms with Crippen LogP contribution in [0.1, 0.15) is 19.8 Å². The molecular formula is C13H16N4. The molecule has 0 aliphatic carbocycles. The molecule has 0 atom stereocenters. The minimum atomic E-state index is 0.671. The topological polar surface area (TPSA) is 53.1 Å².